The SMILES string of the molecule is C[C@H]1C[C@H](C)CN(C(=O)COC(=O)CN(C)S(=O)(=O)c2ccc(F)cc2)C1. The second-order valence-corrected chi connectivity index (χ2v) is 9.17. The first kappa shape index (κ1) is 21.3. The van der Waals surface area contributed by atoms with Gasteiger partial charge in [-0.25, -0.2) is 12.8 Å². The maximum absolute atomic E-state index is 12.9. The van der Waals surface area contributed by atoms with E-state index in [9.17, 15) is 22.4 Å². The van der Waals surface area contributed by atoms with Gasteiger partial charge in [0.05, 0.1) is 4.90 Å². The average Bonchev–Trinajstić information content (AvgIpc) is 2.59. The highest BCUT2D eigenvalue weighted by Crippen LogP contribution is 2.21. The van der Waals surface area contributed by atoms with Crippen molar-refractivity contribution in [3.05, 3.63) is 30.1 Å². The molecule has 0 N–H and O–H groups in total. The number of halogens is 1. The summed E-state index contributed by atoms with van der Waals surface area (Å²) in [4.78, 5) is 25.7. The largest absolute Gasteiger partial charge is 0.455 e. The standard InChI is InChI=1S/C18H25FN2O5S/c1-13-8-14(2)10-21(9-13)17(22)12-26-18(23)11-20(3)27(24,25)16-6-4-15(19)5-7-16/h4-7,13-14H,8-12H2,1-3H3/t13-,14-/m0/s1. The minimum absolute atomic E-state index is 0.133. The van der Waals surface area contributed by atoms with Gasteiger partial charge in [0.2, 0.25) is 10.0 Å². The Kier molecular flexibility index (Phi) is 6.94. The summed E-state index contributed by atoms with van der Waals surface area (Å²) in [5, 5.41) is 0. The number of hydrogen-bond donors (Lipinski definition) is 0. The molecule has 1 saturated heterocycles. The van der Waals surface area contributed by atoms with Crippen molar-refractivity contribution < 1.29 is 27.1 Å². The first-order chi connectivity index (χ1) is 12.6. The smallest absolute Gasteiger partial charge is 0.321 e. The lowest BCUT2D eigenvalue weighted by Crippen LogP contribution is -2.44. The topological polar surface area (TPSA) is 84.0 Å². The lowest BCUT2D eigenvalue weighted by atomic mass is 9.92. The number of likely N-dealkylation sites (tertiary alicyclic amines) is 1. The average molecular weight is 400 g/mol. The predicted octanol–water partition coefficient (Wildman–Crippen LogP) is 1.49. The molecular weight excluding hydrogens is 375 g/mol. The Bertz CT molecular complexity index is 771. The van der Waals surface area contributed by atoms with E-state index in [4.69, 9.17) is 4.74 Å². The number of amides is 1. The van der Waals surface area contributed by atoms with Gasteiger partial charge in [-0.15, -0.1) is 0 Å². The van der Waals surface area contributed by atoms with Crippen LogP contribution >= 0.6 is 0 Å². The Labute approximate surface area is 159 Å². The van der Waals surface area contributed by atoms with Crippen molar-refractivity contribution in [2.45, 2.75) is 25.2 Å². The van der Waals surface area contributed by atoms with Gasteiger partial charge >= 0.3 is 5.97 Å². The number of sulfonamides is 1. The van der Waals surface area contributed by atoms with Crippen molar-refractivity contribution in [3.8, 4) is 0 Å². The van der Waals surface area contributed by atoms with Crippen LogP contribution in [0.1, 0.15) is 20.3 Å². The molecule has 1 aromatic rings. The van der Waals surface area contributed by atoms with Gasteiger partial charge in [-0.05, 0) is 42.5 Å². The van der Waals surface area contributed by atoms with Gasteiger partial charge in [0.25, 0.3) is 5.91 Å². The molecule has 7 nitrogen and oxygen atoms in total. The van der Waals surface area contributed by atoms with E-state index in [2.05, 4.69) is 13.8 Å². The van der Waals surface area contributed by atoms with Crippen LogP contribution in [0.3, 0.4) is 0 Å². The second-order valence-electron chi connectivity index (χ2n) is 7.12. The molecule has 0 aliphatic carbocycles. The van der Waals surface area contributed by atoms with Crippen molar-refractivity contribution in [1.82, 2.24) is 9.21 Å². The number of esters is 1. The van der Waals surface area contributed by atoms with Gasteiger partial charge in [0, 0.05) is 20.1 Å². The first-order valence-electron chi connectivity index (χ1n) is 8.75. The maximum Gasteiger partial charge on any atom is 0.321 e. The normalized spacial score (nSPS) is 20.6. The number of nitrogens with zero attached hydrogens (tertiary/aromatic N) is 2. The zero-order valence-electron chi connectivity index (χ0n) is 15.7. The van der Waals surface area contributed by atoms with Gasteiger partial charge in [0.15, 0.2) is 6.61 Å². The van der Waals surface area contributed by atoms with Crippen LogP contribution in [-0.4, -0.2) is 62.8 Å². The minimum Gasteiger partial charge on any atom is -0.455 e. The Balaban J connectivity index is 1.87. The fourth-order valence-corrected chi connectivity index (χ4v) is 4.31. The van der Waals surface area contributed by atoms with Gasteiger partial charge in [-0.1, -0.05) is 13.8 Å². The van der Waals surface area contributed by atoms with Crippen molar-refractivity contribution in [2.24, 2.45) is 11.8 Å². The molecule has 0 bridgehead atoms. The quantitative estimate of drug-likeness (QED) is 0.676. The third-order valence-corrected chi connectivity index (χ3v) is 6.27. The summed E-state index contributed by atoms with van der Waals surface area (Å²) < 4.78 is 43.4. The lowest BCUT2D eigenvalue weighted by Gasteiger charge is -2.34. The van der Waals surface area contributed by atoms with Crippen molar-refractivity contribution in [3.63, 3.8) is 0 Å². The fraction of sp³-hybridized carbons (Fsp3) is 0.556. The van der Waals surface area contributed by atoms with Crippen molar-refractivity contribution >= 4 is 21.9 Å². The molecule has 0 spiro atoms. The van der Waals surface area contributed by atoms with Gasteiger partial charge < -0.3 is 9.64 Å². The third-order valence-electron chi connectivity index (χ3n) is 4.45. The number of carbonyl (C=O) groups is 2. The van der Waals surface area contributed by atoms with Crippen molar-refractivity contribution in [1.29, 1.82) is 0 Å². The maximum atomic E-state index is 12.9. The Morgan fingerprint density at radius 1 is 1.19 bits per heavy atom. The molecule has 1 heterocycles. The van der Waals surface area contributed by atoms with E-state index in [0.29, 0.717) is 24.9 Å². The van der Waals surface area contributed by atoms with E-state index in [1.165, 1.54) is 7.05 Å². The monoisotopic (exact) mass is 400 g/mol. The Hall–Kier alpha value is -2.00. The molecule has 9 heteroatoms. The summed E-state index contributed by atoms with van der Waals surface area (Å²) in [5.74, 6) is -0.892. The zero-order valence-corrected chi connectivity index (χ0v) is 16.5. The summed E-state index contributed by atoms with van der Waals surface area (Å²) in [6, 6.07) is 4.29. The molecule has 2 atom stereocenters. The summed E-state index contributed by atoms with van der Waals surface area (Å²) in [7, 11) is -2.74. The molecule has 0 unspecified atom stereocenters. The van der Waals surface area contributed by atoms with Gasteiger partial charge in [-0.3, -0.25) is 9.59 Å². The van der Waals surface area contributed by atoms with E-state index in [-0.39, 0.29) is 10.8 Å². The van der Waals surface area contributed by atoms with Gasteiger partial charge in [-0.2, -0.15) is 4.31 Å². The number of piperidine rings is 1. The molecule has 0 aromatic heterocycles. The van der Waals surface area contributed by atoms with Crippen LogP contribution in [-0.2, 0) is 24.3 Å². The molecule has 1 aliphatic rings. The molecule has 2 rings (SSSR count). The first-order valence-corrected chi connectivity index (χ1v) is 10.2. The number of ether oxygens (including phenoxy) is 1. The van der Waals surface area contributed by atoms with Gasteiger partial charge in [0.1, 0.15) is 12.4 Å². The Morgan fingerprint density at radius 3 is 2.30 bits per heavy atom. The van der Waals surface area contributed by atoms with Crippen LogP contribution in [0, 0.1) is 17.7 Å². The van der Waals surface area contributed by atoms with E-state index >= 15 is 0 Å². The molecule has 1 fully saturated rings. The van der Waals surface area contributed by atoms with Crippen LogP contribution in [0.25, 0.3) is 0 Å². The van der Waals surface area contributed by atoms with Crippen LogP contribution in [0.4, 0.5) is 4.39 Å². The molecule has 150 valence electrons. The summed E-state index contributed by atoms with van der Waals surface area (Å²) >= 11 is 0. The van der Waals surface area contributed by atoms with E-state index in [1.54, 1.807) is 4.90 Å². The third kappa shape index (κ3) is 5.74. The highest BCUT2D eigenvalue weighted by atomic mass is 32.2. The van der Waals surface area contributed by atoms with Crippen LogP contribution in [0.2, 0.25) is 0 Å². The molecular formula is C18H25FN2O5S. The molecule has 0 saturated carbocycles. The minimum atomic E-state index is -3.95. The zero-order chi connectivity index (χ0) is 20.2. The van der Waals surface area contributed by atoms with Crippen LogP contribution in [0.5, 0.6) is 0 Å². The number of carbonyl (C=O) groups excluding carboxylic acids is 2. The fourth-order valence-electron chi connectivity index (χ4n) is 3.20. The summed E-state index contributed by atoms with van der Waals surface area (Å²) in [6.45, 7) is 4.43. The molecule has 1 aromatic carbocycles. The summed E-state index contributed by atoms with van der Waals surface area (Å²) in [6.07, 6.45) is 1.05. The van der Waals surface area contributed by atoms with Crippen LogP contribution < -0.4 is 0 Å². The molecule has 0 radical (unpaired) electrons. The second kappa shape index (κ2) is 8.79. The number of benzene rings is 1. The molecule has 1 aliphatic heterocycles. The predicted molar refractivity (Wildman–Crippen MR) is 96.7 cm³/mol. The lowest BCUT2D eigenvalue weighted by molar-refractivity contribution is -0.153. The van der Waals surface area contributed by atoms with Crippen molar-refractivity contribution in [2.75, 3.05) is 33.3 Å². The Morgan fingerprint density at radius 2 is 1.74 bits per heavy atom. The number of rotatable bonds is 6. The number of hydrogen-bond acceptors (Lipinski definition) is 5. The van der Waals surface area contributed by atoms with Crippen LogP contribution in [0.15, 0.2) is 29.2 Å². The van der Waals surface area contributed by atoms with E-state index in [0.717, 1.165) is 35.0 Å². The highest BCUT2D eigenvalue weighted by Gasteiger charge is 2.27. The van der Waals surface area contributed by atoms with E-state index < -0.39 is 35.0 Å². The van der Waals surface area contributed by atoms with E-state index in [1.807, 2.05) is 0 Å². The molecule has 27 heavy (non-hydrogen) atoms. The highest BCUT2D eigenvalue weighted by molar-refractivity contribution is 7.89. The molecule has 1 amide bonds. The summed E-state index contributed by atoms with van der Waals surface area (Å²) in [5.41, 5.74) is 0. The number of likely N-dealkylation sites (N-methyl/N-ethyl adjacent to an activating group) is 1.